The molecule has 4 rings (SSSR count). The Hall–Kier alpha value is -2.62. The second kappa shape index (κ2) is 6.97. The van der Waals surface area contributed by atoms with Gasteiger partial charge < -0.3 is 10.2 Å². The highest BCUT2D eigenvalue weighted by atomic mass is 32.2. The number of rotatable bonds is 3. The van der Waals surface area contributed by atoms with E-state index in [0.717, 1.165) is 6.07 Å². The molecular weight excluding hydrogens is 434 g/mol. The van der Waals surface area contributed by atoms with Crippen LogP contribution in [0.4, 0.5) is 8.28 Å². The Kier molecular flexibility index (Phi) is 4.80. The fraction of sp³-hybridized carbons (Fsp3) is 0.143. The third kappa shape index (κ3) is 2.88. The molecule has 156 valence electrons. The van der Waals surface area contributed by atoms with Crippen molar-refractivity contribution in [3.63, 3.8) is 0 Å². The number of aryl methyl sites for hydroxylation is 2. The van der Waals surface area contributed by atoms with Crippen molar-refractivity contribution in [3.05, 3.63) is 82.2 Å². The SMILES string of the molecule is Cc1cc(C2(c3cc(C)c(O)c(SF)c3)OS(=O)(=O)c3ccccc32)cc(F)c1O. The van der Waals surface area contributed by atoms with E-state index in [9.17, 15) is 26.9 Å². The van der Waals surface area contributed by atoms with E-state index in [4.69, 9.17) is 4.18 Å². The van der Waals surface area contributed by atoms with E-state index in [1.165, 1.54) is 50.2 Å². The van der Waals surface area contributed by atoms with E-state index in [0.29, 0.717) is 0 Å². The smallest absolute Gasteiger partial charge is 0.298 e. The predicted octanol–water partition coefficient (Wildman–Crippen LogP) is 4.84. The van der Waals surface area contributed by atoms with Gasteiger partial charge in [0.25, 0.3) is 10.1 Å². The molecule has 1 heterocycles. The third-order valence-electron chi connectivity index (χ3n) is 5.19. The topological polar surface area (TPSA) is 83.8 Å². The third-order valence-corrected chi connectivity index (χ3v) is 7.03. The molecule has 0 saturated heterocycles. The molecule has 1 aliphatic rings. The summed E-state index contributed by atoms with van der Waals surface area (Å²) in [5.74, 6) is -1.81. The Labute approximate surface area is 176 Å². The number of phenolic OH excluding ortho intramolecular Hbond substituents is 2. The minimum atomic E-state index is -4.24. The van der Waals surface area contributed by atoms with E-state index in [-0.39, 0.29) is 55.5 Å². The Bertz CT molecular complexity index is 1270. The first kappa shape index (κ1) is 20.6. The highest BCUT2D eigenvalue weighted by molar-refractivity contribution is 7.94. The fourth-order valence-electron chi connectivity index (χ4n) is 3.75. The van der Waals surface area contributed by atoms with Crippen molar-refractivity contribution in [2.24, 2.45) is 0 Å². The molecule has 30 heavy (non-hydrogen) atoms. The minimum Gasteiger partial charge on any atom is -0.506 e. The minimum absolute atomic E-state index is 0.101. The van der Waals surface area contributed by atoms with Crippen LogP contribution in [0.3, 0.4) is 0 Å². The number of aromatic hydroxyl groups is 2. The molecule has 0 aliphatic carbocycles. The lowest BCUT2D eigenvalue weighted by Crippen LogP contribution is -2.30. The van der Waals surface area contributed by atoms with Gasteiger partial charge in [-0.25, -0.2) is 8.57 Å². The van der Waals surface area contributed by atoms with Crippen LogP contribution in [0, 0.1) is 19.7 Å². The van der Waals surface area contributed by atoms with Crippen LogP contribution in [0.15, 0.2) is 58.3 Å². The van der Waals surface area contributed by atoms with Gasteiger partial charge in [0.1, 0.15) is 10.6 Å². The van der Waals surface area contributed by atoms with Gasteiger partial charge in [-0.2, -0.15) is 12.3 Å². The number of fused-ring (bicyclic) bond motifs is 1. The molecule has 0 aromatic heterocycles. The van der Waals surface area contributed by atoms with Crippen LogP contribution < -0.4 is 0 Å². The molecule has 3 aromatic carbocycles. The van der Waals surface area contributed by atoms with Crippen molar-refractivity contribution in [1.82, 2.24) is 0 Å². The van der Waals surface area contributed by atoms with E-state index in [2.05, 4.69) is 0 Å². The largest absolute Gasteiger partial charge is 0.506 e. The van der Waals surface area contributed by atoms with Gasteiger partial charge in [0, 0.05) is 5.56 Å². The van der Waals surface area contributed by atoms with Crippen LogP contribution in [0.1, 0.15) is 27.8 Å². The van der Waals surface area contributed by atoms with Crippen molar-refractivity contribution < 1.29 is 31.1 Å². The summed E-state index contributed by atoms with van der Waals surface area (Å²) in [5, 5.41) is 20.0. The summed E-state index contributed by atoms with van der Waals surface area (Å²) >= 11 is -0.203. The molecule has 2 N–H and O–H groups in total. The zero-order valence-corrected chi connectivity index (χ0v) is 17.4. The summed E-state index contributed by atoms with van der Waals surface area (Å²) in [6.45, 7) is 3.00. The normalized spacial score (nSPS) is 19.6. The lowest BCUT2D eigenvalue weighted by molar-refractivity contribution is 0.179. The van der Waals surface area contributed by atoms with Crippen LogP contribution in [-0.4, -0.2) is 18.6 Å². The summed E-state index contributed by atoms with van der Waals surface area (Å²) in [6, 6.07) is 11.2. The van der Waals surface area contributed by atoms with E-state index >= 15 is 0 Å². The zero-order valence-electron chi connectivity index (χ0n) is 15.8. The van der Waals surface area contributed by atoms with E-state index < -0.39 is 27.3 Å². The van der Waals surface area contributed by atoms with E-state index in [1.807, 2.05) is 0 Å². The molecule has 0 bridgehead atoms. The Morgan fingerprint density at radius 2 is 1.57 bits per heavy atom. The Morgan fingerprint density at radius 3 is 2.20 bits per heavy atom. The van der Waals surface area contributed by atoms with Crippen LogP contribution >= 0.6 is 12.1 Å². The number of phenols is 2. The number of hydrogen-bond donors (Lipinski definition) is 2. The number of hydrogen-bond acceptors (Lipinski definition) is 6. The molecule has 0 radical (unpaired) electrons. The van der Waals surface area contributed by atoms with Crippen molar-refractivity contribution in [3.8, 4) is 11.5 Å². The molecule has 0 amide bonds. The van der Waals surface area contributed by atoms with Crippen LogP contribution in [0.5, 0.6) is 11.5 Å². The van der Waals surface area contributed by atoms with Crippen LogP contribution in [0.25, 0.3) is 0 Å². The van der Waals surface area contributed by atoms with E-state index in [1.54, 1.807) is 6.07 Å². The average Bonchev–Trinajstić information content (AvgIpc) is 2.96. The molecule has 0 fully saturated rings. The lowest BCUT2D eigenvalue weighted by atomic mass is 9.79. The standard InChI is InChI=1S/C21H16F2O5S2/c1-11-7-13(9-16(22)19(11)24)21(14-8-12(2)20(25)17(10-14)29-23)15-5-3-4-6-18(15)30(26,27)28-21/h3-10,24-25H,1-2H3. The molecule has 5 nitrogen and oxygen atoms in total. The highest BCUT2D eigenvalue weighted by Gasteiger charge is 2.52. The highest BCUT2D eigenvalue weighted by Crippen LogP contribution is 2.52. The summed E-state index contributed by atoms with van der Waals surface area (Å²) in [7, 11) is -4.24. The van der Waals surface area contributed by atoms with Gasteiger partial charge in [-0.15, -0.1) is 0 Å². The fourth-order valence-corrected chi connectivity index (χ4v) is 5.59. The van der Waals surface area contributed by atoms with Gasteiger partial charge in [0.15, 0.2) is 17.2 Å². The first-order valence-electron chi connectivity index (χ1n) is 8.79. The van der Waals surface area contributed by atoms with Gasteiger partial charge in [0.05, 0.1) is 17.0 Å². The van der Waals surface area contributed by atoms with Crippen molar-refractivity contribution in [2.45, 2.75) is 29.2 Å². The van der Waals surface area contributed by atoms with Gasteiger partial charge in [-0.3, -0.25) is 0 Å². The molecular formula is C21H16F2O5S2. The second-order valence-electron chi connectivity index (χ2n) is 7.06. The van der Waals surface area contributed by atoms with Crippen molar-refractivity contribution in [1.29, 1.82) is 0 Å². The van der Waals surface area contributed by atoms with Gasteiger partial charge in [-0.05, 0) is 66.4 Å². The summed E-state index contributed by atoms with van der Waals surface area (Å²) < 4.78 is 59.3. The number of halogens is 2. The van der Waals surface area contributed by atoms with Crippen molar-refractivity contribution in [2.75, 3.05) is 0 Å². The molecule has 0 spiro atoms. The summed E-state index contributed by atoms with van der Waals surface area (Å²) in [4.78, 5) is -0.234. The van der Waals surface area contributed by atoms with Gasteiger partial charge in [0.2, 0.25) is 0 Å². The van der Waals surface area contributed by atoms with Gasteiger partial charge >= 0.3 is 0 Å². The first-order chi connectivity index (χ1) is 14.1. The predicted molar refractivity (Wildman–Crippen MR) is 107 cm³/mol. The van der Waals surface area contributed by atoms with Crippen molar-refractivity contribution >= 4 is 22.3 Å². The molecule has 9 heteroatoms. The monoisotopic (exact) mass is 450 g/mol. The maximum Gasteiger partial charge on any atom is 0.298 e. The average molecular weight is 450 g/mol. The molecule has 3 aromatic rings. The summed E-state index contributed by atoms with van der Waals surface area (Å²) in [6.07, 6.45) is 0. The Balaban J connectivity index is 2.16. The maximum absolute atomic E-state index is 14.5. The molecule has 0 saturated carbocycles. The molecule has 1 aliphatic heterocycles. The first-order valence-corrected chi connectivity index (χ1v) is 10.9. The molecule has 1 unspecified atom stereocenters. The van der Waals surface area contributed by atoms with Crippen LogP contribution in [-0.2, 0) is 19.9 Å². The zero-order chi connectivity index (χ0) is 21.8. The summed E-state index contributed by atoms with van der Waals surface area (Å²) in [5.41, 5.74) is -0.870. The van der Waals surface area contributed by atoms with Gasteiger partial charge in [-0.1, -0.05) is 18.2 Å². The number of benzene rings is 3. The maximum atomic E-state index is 14.5. The van der Waals surface area contributed by atoms with Crippen LogP contribution in [0.2, 0.25) is 0 Å². The quantitative estimate of drug-likeness (QED) is 0.556. The molecule has 1 atom stereocenters. The second-order valence-corrected chi connectivity index (χ2v) is 9.16. The Morgan fingerprint density at radius 1 is 0.967 bits per heavy atom. The lowest BCUT2D eigenvalue weighted by Gasteiger charge is -2.30.